The molecule has 24 heavy (non-hydrogen) atoms. The molecule has 0 aromatic rings. The second-order valence-corrected chi connectivity index (χ2v) is 7.06. The number of allylic oxidation sites excluding steroid dienone is 4. The SMILES string of the molecule is C=C(CCC=C(C)C)CC(=O)OC(C)(CCC=C(C)C)CC(=O)O. The van der Waals surface area contributed by atoms with Gasteiger partial charge in [0.1, 0.15) is 5.60 Å². The molecule has 0 aromatic heterocycles. The number of carbonyl (C=O) groups excluding carboxylic acids is 1. The van der Waals surface area contributed by atoms with Crippen LogP contribution in [0.2, 0.25) is 0 Å². The topological polar surface area (TPSA) is 63.6 Å². The van der Waals surface area contributed by atoms with Gasteiger partial charge in [-0.2, -0.15) is 0 Å². The van der Waals surface area contributed by atoms with Gasteiger partial charge in [0.05, 0.1) is 12.8 Å². The van der Waals surface area contributed by atoms with Gasteiger partial charge in [-0.3, -0.25) is 9.59 Å². The molecule has 0 aliphatic heterocycles. The smallest absolute Gasteiger partial charge is 0.310 e. The van der Waals surface area contributed by atoms with Crippen LogP contribution in [-0.2, 0) is 14.3 Å². The molecule has 0 aliphatic carbocycles. The lowest BCUT2D eigenvalue weighted by Gasteiger charge is -2.28. The lowest BCUT2D eigenvalue weighted by molar-refractivity contribution is -0.162. The van der Waals surface area contributed by atoms with E-state index in [9.17, 15) is 9.59 Å². The molecule has 0 bridgehead atoms. The predicted molar refractivity (Wildman–Crippen MR) is 97.8 cm³/mol. The van der Waals surface area contributed by atoms with Crippen LogP contribution < -0.4 is 0 Å². The molecular formula is C20H32O4. The van der Waals surface area contributed by atoms with Crippen LogP contribution in [0.5, 0.6) is 0 Å². The first kappa shape index (κ1) is 22.2. The van der Waals surface area contributed by atoms with Crippen LogP contribution >= 0.6 is 0 Å². The average molecular weight is 336 g/mol. The lowest BCUT2D eigenvalue weighted by atomic mass is 9.95. The van der Waals surface area contributed by atoms with E-state index in [0.29, 0.717) is 12.8 Å². The third-order valence-corrected chi connectivity index (χ3v) is 3.56. The summed E-state index contributed by atoms with van der Waals surface area (Å²) in [6.45, 7) is 13.6. The molecule has 1 unspecified atom stereocenters. The van der Waals surface area contributed by atoms with Gasteiger partial charge in [0.15, 0.2) is 0 Å². The zero-order valence-electron chi connectivity index (χ0n) is 15.8. The van der Waals surface area contributed by atoms with E-state index in [-0.39, 0.29) is 12.8 Å². The highest BCUT2D eigenvalue weighted by atomic mass is 16.6. The van der Waals surface area contributed by atoms with E-state index < -0.39 is 17.5 Å². The van der Waals surface area contributed by atoms with Gasteiger partial charge in [-0.05, 0) is 60.3 Å². The molecule has 0 spiro atoms. The van der Waals surface area contributed by atoms with Crippen molar-refractivity contribution in [3.63, 3.8) is 0 Å². The van der Waals surface area contributed by atoms with Gasteiger partial charge in [-0.15, -0.1) is 0 Å². The second-order valence-electron chi connectivity index (χ2n) is 7.06. The molecule has 136 valence electrons. The Morgan fingerprint density at radius 3 is 2.12 bits per heavy atom. The fourth-order valence-corrected chi connectivity index (χ4v) is 2.33. The molecule has 0 aromatic carbocycles. The minimum atomic E-state index is -0.991. The van der Waals surface area contributed by atoms with Gasteiger partial charge in [-0.1, -0.05) is 35.5 Å². The number of carboxylic acid groups (broad SMARTS) is 1. The van der Waals surface area contributed by atoms with Crippen molar-refractivity contribution in [1.29, 1.82) is 0 Å². The third kappa shape index (κ3) is 11.7. The highest BCUT2D eigenvalue weighted by Gasteiger charge is 2.31. The first-order valence-electron chi connectivity index (χ1n) is 8.41. The van der Waals surface area contributed by atoms with Crippen LogP contribution in [0.25, 0.3) is 0 Å². The van der Waals surface area contributed by atoms with Crippen molar-refractivity contribution in [3.05, 3.63) is 35.5 Å². The quantitative estimate of drug-likeness (QED) is 0.416. The van der Waals surface area contributed by atoms with Crippen molar-refractivity contribution >= 4 is 11.9 Å². The van der Waals surface area contributed by atoms with Crippen LogP contribution in [0.3, 0.4) is 0 Å². The van der Waals surface area contributed by atoms with Crippen molar-refractivity contribution in [2.24, 2.45) is 0 Å². The van der Waals surface area contributed by atoms with Gasteiger partial charge in [0.2, 0.25) is 0 Å². The first-order valence-corrected chi connectivity index (χ1v) is 8.41. The van der Waals surface area contributed by atoms with Gasteiger partial charge in [0, 0.05) is 0 Å². The van der Waals surface area contributed by atoms with Crippen LogP contribution in [-0.4, -0.2) is 22.6 Å². The minimum Gasteiger partial charge on any atom is -0.481 e. The van der Waals surface area contributed by atoms with E-state index in [1.54, 1.807) is 6.92 Å². The van der Waals surface area contributed by atoms with Crippen molar-refractivity contribution in [2.45, 2.75) is 78.7 Å². The van der Waals surface area contributed by atoms with E-state index >= 15 is 0 Å². The van der Waals surface area contributed by atoms with Crippen LogP contribution in [0, 0.1) is 0 Å². The summed E-state index contributed by atoms with van der Waals surface area (Å²) in [6, 6.07) is 0. The van der Waals surface area contributed by atoms with Crippen molar-refractivity contribution in [3.8, 4) is 0 Å². The molecule has 4 heteroatoms. The molecule has 1 atom stereocenters. The molecule has 0 fully saturated rings. The molecule has 0 radical (unpaired) electrons. The van der Waals surface area contributed by atoms with Gasteiger partial charge in [0.25, 0.3) is 0 Å². The molecule has 0 rings (SSSR count). The number of ether oxygens (including phenoxy) is 1. The molecule has 0 heterocycles. The summed E-state index contributed by atoms with van der Waals surface area (Å²) in [4.78, 5) is 23.2. The Labute approximate surface area is 146 Å². The Morgan fingerprint density at radius 2 is 1.62 bits per heavy atom. The second kappa shape index (κ2) is 10.8. The monoisotopic (exact) mass is 336 g/mol. The Bertz CT molecular complexity index is 506. The maximum atomic E-state index is 12.1. The summed E-state index contributed by atoms with van der Waals surface area (Å²) in [7, 11) is 0. The van der Waals surface area contributed by atoms with Crippen molar-refractivity contribution in [1.82, 2.24) is 0 Å². The summed E-state index contributed by atoms with van der Waals surface area (Å²) in [5.74, 6) is -1.37. The zero-order chi connectivity index (χ0) is 18.8. The number of carboxylic acids is 1. The van der Waals surface area contributed by atoms with E-state index in [1.807, 2.05) is 33.8 Å². The molecule has 0 aliphatic rings. The molecular weight excluding hydrogens is 304 g/mol. The standard InChI is InChI=1S/C20H32O4/c1-15(2)9-7-11-17(5)13-19(23)24-20(6,14-18(21)22)12-8-10-16(3)4/h9-10H,5,7-8,11-14H2,1-4,6H3,(H,21,22). The normalized spacial score (nSPS) is 12.7. The van der Waals surface area contributed by atoms with E-state index in [4.69, 9.17) is 9.84 Å². The highest BCUT2D eigenvalue weighted by molar-refractivity contribution is 5.74. The van der Waals surface area contributed by atoms with Crippen LogP contribution in [0.15, 0.2) is 35.5 Å². The molecule has 4 nitrogen and oxygen atoms in total. The van der Waals surface area contributed by atoms with E-state index in [1.165, 1.54) is 5.57 Å². The maximum Gasteiger partial charge on any atom is 0.310 e. The fraction of sp³-hybridized carbons (Fsp3) is 0.600. The first-order chi connectivity index (χ1) is 11.0. The average Bonchev–Trinajstić information content (AvgIpc) is 2.35. The summed E-state index contributed by atoms with van der Waals surface area (Å²) in [5, 5.41) is 9.09. The van der Waals surface area contributed by atoms with Gasteiger partial charge in [-0.25, -0.2) is 0 Å². The Hall–Kier alpha value is -1.84. The highest BCUT2D eigenvalue weighted by Crippen LogP contribution is 2.25. The Balaban J connectivity index is 4.62. The summed E-state index contributed by atoms with van der Waals surface area (Å²) >= 11 is 0. The maximum absolute atomic E-state index is 12.1. The number of hydrogen-bond acceptors (Lipinski definition) is 3. The fourth-order valence-electron chi connectivity index (χ4n) is 2.33. The molecule has 0 saturated carbocycles. The predicted octanol–water partition coefficient (Wildman–Crippen LogP) is 5.20. The van der Waals surface area contributed by atoms with Crippen LogP contribution in [0.1, 0.15) is 73.1 Å². The Kier molecular flexibility index (Phi) is 10.0. The number of hydrogen-bond donors (Lipinski definition) is 1. The van der Waals surface area contributed by atoms with Gasteiger partial charge < -0.3 is 9.84 Å². The minimum absolute atomic E-state index is 0.133. The number of aliphatic carboxylic acids is 1. The van der Waals surface area contributed by atoms with Crippen molar-refractivity contribution in [2.75, 3.05) is 0 Å². The summed E-state index contributed by atoms with van der Waals surface area (Å²) in [5.41, 5.74) is 2.21. The number of esters is 1. The number of rotatable bonds is 11. The van der Waals surface area contributed by atoms with Crippen LogP contribution in [0.4, 0.5) is 0 Å². The molecule has 0 amide bonds. The molecule has 1 N–H and O–H groups in total. The summed E-state index contributed by atoms with van der Waals surface area (Å²) < 4.78 is 5.50. The molecule has 0 saturated heterocycles. The third-order valence-electron chi connectivity index (χ3n) is 3.56. The van der Waals surface area contributed by atoms with E-state index in [0.717, 1.165) is 24.0 Å². The zero-order valence-corrected chi connectivity index (χ0v) is 15.8. The van der Waals surface area contributed by atoms with Crippen molar-refractivity contribution < 1.29 is 19.4 Å². The van der Waals surface area contributed by atoms with Gasteiger partial charge >= 0.3 is 11.9 Å². The Morgan fingerprint density at radius 1 is 1.08 bits per heavy atom. The van der Waals surface area contributed by atoms with E-state index in [2.05, 4.69) is 12.7 Å². The lowest BCUT2D eigenvalue weighted by Crippen LogP contribution is -2.34. The largest absolute Gasteiger partial charge is 0.481 e. The summed E-state index contributed by atoms with van der Waals surface area (Å²) in [6.07, 6.45) is 6.81. The number of carbonyl (C=O) groups is 2.